The predicted molar refractivity (Wildman–Crippen MR) is 74.5 cm³/mol. The molecule has 1 aromatic carbocycles. The standard InChI is InChI=1S/C15H22N2O2/c16-10-15(4-5-15)11-17-9-12-2-3-13-14(8-12)19-7-1-6-18-13/h2-3,8,17H,1,4-7,9-11,16H2. The Hall–Kier alpha value is -1.26. The zero-order chi connectivity index (χ0) is 13.1. The summed E-state index contributed by atoms with van der Waals surface area (Å²) in [5.74, 6) is 1.73. The molecule has 2 aliphatic rings. The van der Waals surface area contributed by atoms with Crippen LogP contribution in [0.2, 0.25) is 0 Å². The van der Waals surface area contributed by atoms with Crippen LogP contribution in [0, 0.1) is 5.41 Å². The molecular weight excluding hydrogens is 240 g/mol. The topological polar surface area (TPSA) is 56.5 Å². The average Bonchev–Trinajstić information content (AvgIpc) is 3.22. The molecule has 4 nitrogen and oxygen atoms in total. The van der Waals surface area contributed by atoms with E-state index in [9.17, 15) is 0 Å². The molecule has 1 fully saturated rings. The van der Waals surface area contributed by atoms with Crippen LogP contribution in [0.3, 0.4) is 0 Å². The zero-order valence-electron chi connectivity index (χ0n) is 11.3. The fourth-order valence-electron chi connectivity index (χ4n) is 2.42. The predicted octanol–water partition coefficient (Wildman–Crippen LogP) is 1.68. The highest BCUT2D eigenvalue weighted by molar-refractivity contribution is 5.43. The van der Waals surface area contributed by atoms with Gasteiger partial charge in [-0.25, -0.2) is 0 Å². The third-order valence-corrected chi connectivity index (χ3v) is 4.03. The van der Waals surface area contributed by atoms with E-state index >= 15 is 0 Å². The number of nitrogens with two attached hydrogens (primary N) is 1. The fraction of sp³-hybridized carbons (Fsp3) is 0.600. The molecule has 1 saturated carbocycles. The number of benzene rings is 1. The summed E-state index contributed by atoms with van der Waals surface area (Å²) >= 11 is 0. The Bertz CT molecular complexity index is 444. The van der Waals surface area contributed by atoms with Crippen molar-refractivity contribution in [3.63, 3.8) is 0 Å². The van der Waals surface area contributed by atoms with E-state index in [1.54, 1.807) is 0 Å². The molecule has 3 N–H and O–H groups in total. The summed E-state index contributed by atoms with van der Waals surface area (Å²) < 4.78 is 11.3. The van der Waals surface area contributed by atoms with E-state index in [1.807, 2.05) is 6.07 Å². The van der Waals surface area contributed by atoms with Gasteiger partial charge < -0.3 is 20.5 Å². The largest absolute Gasteiger partial charge is 0.490 e. The highest BCUT2D eigenvalue weighted by Gasteiger charge is 2.40. The van der Waals surface area contributed by atoms with E-state index < -0.39 is 0 Å². The summed E-state index contributed by atoms with van der Waals surface area (Å²) in [6.45, 7) is 4.14. The molecule has 0 saturated heterocycles. The summed E-state index contributed by atoms with van der Waals surface area (Å²) in [6.07, 6.45) is 3.47. The SMILES string of the molecule is NCC1(CNCc2ccc3c(c2)OCCCO3)CC1. The van der Waals surface area contributed by atoms with Gasteiger partial charge in [-0.05, 0) is 42.5 Å². The Morgan fingerprint density at radius 2 is 1.95 bits per heavy atom. The summed E-state index contributed by atoms with van der Waals surface area (Å²) in [4.78, 5) is 0. The van der Waals surface area contributed by atoms with Crippen molar-refractivity contribution < 1.29 is 9.47 Å². The first-order chi connectivity index (χ1) is 9.31. The van der Waals surface area contributed by atoms with Crippen LogP contribution in [0.25, 0.3) is 0 Å². The number of rotatable bonds is 5. The van der Waals surface area contributed by atoms with E-state index in [1.165, 1.54) is 18.4 Å². The average molecular weight is 262 g/mol. The third kappa shape index (κ3) is 3.01. The lowest BCUT2D eigenvalue weighted by molar-refractivity contribution is 0.297. The van der Waals surface area contributed by atoms with Gasteiger partial charge in [0.1, 0.15) is 0 Å². The van der Waals surface area contributed by atoms with Crippen molar-refractivity contribution in [2.24, 2.45) is 11.1 Å². The van der Waals surface area contributed by atoms with Crippen molar-refractivity contribution in [2.45, 2.75) is 25.8 Å². The van der Waals surface area contributed by atoms with Gasteiger partial charge in [-0.1, -0.05) is 6.07 Å². The van der Waals surface area contributed by atoms with Crippen molar-refractivity contribution in [3.8, 4) is 11.5 Å². The van der Waals surface area contributed by atoms with E-state index in [2.05, 4.69) is 17.4 Å². The number of nitrogens with one attached hydrogen (secondary N) is 1. The first kappa shape index (κ1) is 12.8. The highest BCUT2D eigenvalue weighted by atomic mass is 16.5. The number of ether oxygens (including phenoxy) is 2. The summed E-state index contributed by atoms with van der Waals surface area (Å²) in [5, 5.41) is 3.50. The van der Waals surface area contributed by atoms with Crippen LogP contribution >= 0.6 is 0 Å². The second-order valence-electron chi connectivity index (χ2n) is 5.64. The van der Waals surface area contributed by atoms with Crippen LogP contribution in [-0.4, -0.2) is 26.3 Å². The van der Waals surface area contributed by atoms with Gasteiger partial charge in [0.15, 0.2) is 11.5 Å². The van der Waals surface area contributed by atoms with Crippen LogP contribution in [0.5, 0.6) is 11.5 Å². The Kier molecular flexibility index (Phi) is 3.62. The minimum atomic E-state index is 0.380. The van der Waals surface area contributed by atoms with Gasteiger partial charge in [0, 0.05) is 19.5 Å². The molecule has 1 aromatic rings. The van der Waals surface area contributed by atoms with Gasteiger partial charge >= 0.3 is 0 Å². The molecule has 0 atom stereocenters. The molecule has 0 bridgehead atoms. The van der Waals surface area contributed by atoms with Crippen LogP contribution in [0.1, 0.15) is 24.8 Å². The highest BCUT2D eigenvalue weighted by Crippen LogP contribution is 2.43. The van der Waals surface area contributed by atoms with Crippen LogP contribution < -0.4 is 20.5 Å². The minimum Gasteiger partial charge on any atom is -0.490 e. The maximum Gasteiger partial charge on any atom is 0.161 e. The van der Waals surface area contributed by atoms with E-state index in [-0.39, 0.29) is 0 Å². The lowest BCUT2D eigenvalue weighted by Crippen LogP contribution is -2.29. The lowest BCUT2D eigenvalue weighted by atomic mass is 10.1. The van der Waals surface area contributed by atoms with Gasteiger partial charge in [0.25, 0.3) is 0 Å². The lowest BCUT2D eigenvalue weighted by Gasteiger charge is -2.14. The third-order valence-electron chi connectivity index (χ3n) is 4.03. The van der Waals surface area contributed by atoms with Gasteiger partial charge in [0.2, 0.25) is 0 Å². The molecule has 1 aliphatic carbocycles. The van der Waals surface area contributed by atoms with Gasteiger partial charge in [0.05, 0.1) is 13.2 Å². The Balaban J connectivity index is 1.57. The van der Waals surface area contributed by atoms with Crippen molar-refractivity contribution in [1.82, 2.24) is 5.32 Å². The molecule has 0 amide bonds. The van der Waals surface area contributed by atoms with Crippen molar-refractivity contribution in [2.75, 3.05) is 26.3 Å². The number of hydrogen-bond donors (Lipinski definition) is 2. The second-order valence-corrected chi connectivity index (χ2v) is 5.64. The molecule has 0 unspecified atom stereocenters. The quantitative estimate of drug-likeness (QED) is 0.847. The molecule has 3 rings (SSSR count). The zero-order valence-corrected chi connectivity index (χ0v) is 11.3. The van der Waals surface area contributed by atoms with Gasteiger partial charge in [-0.3, -0.25) is 0 Å². The summed E-state index contributed by atoms with van der Waals surface area (Å²) in [7, 11) is 0. The monoisotopic (exact) mass is 262 g/mol. The van der Waals surface area contributed by atoms with E-state index in [0.29, 0.717) is 5.41 Å². The Morgan fingerprint density at radius 1 is 1.16 bits per heavy atom. The smallest absolute Gasteiger partial charge is 0.161 e. The maximum atomic E-state index is 5.78. The van der Waals surface area contributed by atoms with Crippen molar-refractivity contribution in [1.29, 1.82) is 0 Å². The molecule has 0 radical (unpaired) electrons. The number of hydrogen-bond acceptors (Lipinski definition) is 4. The minimum absolute atomic E-state index is 0.380. The van der Waals surface area contributed by atoms with Gasteiger partial charge in [-0.2, -0.15) is 0 Å². The van der Waals surface area contributed by atoms with Gasteiger partial charge in [-0.15, -0.1) is 0 Å². The van der Waals surface area contributed by atoms with Crippen LogP contribution in [0.15, 0.2) is 18.2 Å². The molecule has 0 aromatic heterocycles. The van der Waals surface area contributed by atoms with Crippen molar-refractivity contribution >= 4 is 0 Å². The Morgan fingerprint density at radius 3 is 2.68 bits per heavy atom. The summed E-state index contributed by atoms with van der Waals surface area (Å²) in [5.41, 5.74) is 7.39. The fourth-order valence-corrected chi connectivity index (χ4v) is 2.42. The Labute approximate surface area is 114 Å². The second kappa shape index (κ2) is 5.39. The van der Waals surface area contributed by atoms with E-state index in [0.717, 1.165) is 50.8 Å². The molecule has 19 heavy (non-hydrogen) atoms. The van der Waals surface area contributed by atoms with E-state index in [4.69, 9.17) is 15.2 Å². The summed E-state index contributed by atoms with van der Waals surface area (Å²) in [6, 6.07) is 6.19. The van der Waals surface area contributed by atoms with Crippen LogP contribution in [-0.2, 0) is 6.54 Å². The normalized spacial score (nSPS) is 19.8. The molecule has 0 spiro atoms. The molecule has 104 valence electrons. The number of fused-ring (bicyclic) bond motifs is 1. The molecule has 4 heteroatoms. The molecule has 1 heterocycles. The molecular formula is C15H22N2O2. The first-order valence-electron chi connectivity index (χ1n) is 7.11. The first-order valence-corrected chi connectivity index (χ1v) is 7.11. The van der Waals surface area contributed by atoms with Crippen molar-refractivity contribution in [3.05, 3.63) is 23.8 Å². The molecule has 1 aliphatic heterocycles. The van der Waals surface area contributed by atoms with Crippen LogP contribution in [0.4, 0.5) is 0 Å². The maximum absolute atomic E-state index is 5.78.